The van der Waals surface area contributed by atoms with Crippen LogP contribution in [0.5, 0.6) is 11.5 Å². The number of hydrogen-bond donors (Lipinski definition) is 1. The van der Waals surface area contributed by atoms with E-state index in [1.165, 1.54) is 26.4 Å². The molecule has 1 rings (SSSR count). The maximum atomic E-state index is 12.0. The van der Waals surface area contributed by atoms with E-state index in [1.54, 1.807) is 11.4 Å². The molecule has 0 radical (unpaired) electrons. The van der Waals surface area contributed by atoms with Gasteiger partial charge in [0.1, 0.15) is 0 Å². The predicted octanol–water partition coefficient (Wildman–Crippen LogP) is 1.88. The van der Waals surface area contributed by atoms with Crippen molar-refractivity contribution in [2.75, 3.05) is 14.2 Å². The highest BCUT2D eigenvalue weighted by molar-refractivity contribution is 5.81. The maximum absolute atomic E-state index is 12.0. The van der Waals surface area contributed by atoms with Crippen LogP contribution in [0.1, 0.15) is 5.56 Å². The van der Waals surface area contributed by atoms with Crippen molar-refractivity contribution in [2.45, 2.75) is 12.7 Å². The molecule has 0 heterocycles. The smallest absolute Gasteiger partial charge is 0.471 e. The highest BCUT2D eigenvalue weighted by atomic mass is 19.4. The van der Waals surface area contributed by atoms with E-state index < -0.39 is 12.1 Å². The SMILES string of the molecule is COc1ccc(CNC(=O)C(F)(F)F)cc1OC. The molecule has 0 spiro atoms. The molecule has 4 nitrogen and oxygen atoms in total. The van der Waals surface area contributed by atoms with Gasteiger partial charge in [-0.05, 0) is 17.7 Å². The van der Waals surface area contributed by atoms with Gasteiger partial charge in [0.25, 0.3) is 0 Å². The number of alkyl halides is 3. The Balaban J connectivity index is 2.72. The summed E-state index contributed by atoms with van der Waals surface area (Å²) in [5.41, 5.74) is 0.477. The second-order valence-corrected chi connectivity index (χ2v) is 3.37. The topological polar surface area (TPSA) is 47.6 Å². The summed E-state index contributed by atoms with van der Waals surface area (Å²) in [6.45, 7) is -0.237. The second-order valence-electron chi connectivity index (χ2n) is 3.37. The van der Waals surface area contributed by atoms with Crippen LogP contribution in [0.2, 0.25) is 0 Å². The summed E-state index contributed by atoms with van der Waals surface area (Å²) >= 11 is 0. The van der Waals surface area contributed by atoms with E-state index in [4.69, 9.17) is 9.47 Å². The molecule has 7 heteroatoms. The number of amides is 1. The fraction of sp³-hybridized carbons (Fsp3) is 0.364. The van der Waals surface area contributed by atoms with Crippen LogP contribution < -0.4 is 14.8 Å². The van der Waals surface area contributed by atoms with Crippen LogP contribution >= 0.6 is 0 Å². The van der Waals surface area contributed by atoms with Crippen molar-refractivity contribution in [3.63, 3.8) is 0 Å². The van der Waals surface area contributed by atoms with Crippen LogP contribution in [0.3, 0.4) is 0 Å². The lowest BCUT2D eigenvalue weighted by molar-refractivity contribution is -0.173. The number of carbonyl (C=O) groups excluding carboxylic acids is 1. The van der Waals surface area contributed by atoms with Gasteiger partial charge in [0.2, 0.25) is 0 Å². The number of rotatable bonds is 4. The molecule has 100 valence electrons. The van der Waals surface area contributed by atoms with Gasteiger partial charge in [-0.25, -0.2) is 0 Å². The number of benzene rings is 1. The first-order valence-electron chi connectivity index (χ1n) is 4.94. The summed E-state index contributed by atoms with van der Waals surface area (Å²) in [6.07, 6.45) is -4.88. The molecule has 0 fully saturated rings. The van der Waals surface area contributed by atoms with E-state index in [9.17, 15) is 18.0 Å². The van der Waals surface area contributed by atoms with Crippen molar-refractivity contribution in [1.82, 2.24) is 5.32 Å². The van der Waals surface area contributed by atoms with Gasteiger partial charge in [0.05, 0.1) is 14.2 Å². The fourth-order valence-electron chi connectivity index (χ4n) is 1.27. The van der Waals surface area contributed by atoms with Crippen LogP contribution in [-0.4, -0.2) is 26.3 Å². The van der Waals surface area contributed by atoms with Crippen molar-refractivity contribution >= 4 is 5.91 Å². The molecule has 1 aromatic rings. The zero-order valence-electron chi connectivity index (χ0n) is 9.80. The lowest BCUT2D eigenvalue weighted by atomic mass is 10.2. The third-order valence-electron chi connectivity index (χ3n) is 2.16. The second kappa shape index (κ2) is 5.61. The molecule has 0 unspecified atom stereocenters. The Hall–Kier alpha value is -1.92. The molecule has 0 atom stereocenters. The Kier molecular flexibility index (Phi) is 4.41. The van der Waals surface area contributed by atoms with E-state index >= 15 is 0 Å². The normalized spacial score (nSPS) is 10.9. The van der Waals surface area contributed by atoms with Crippen molar-refractivity contribution < 1.29 is 27.4 Å². The zero-order valence-corrected chi connectivity index (χ0v) is 9.80. The van der Waals surface area contributed by atoms with Gasteiger partial charge in [-0.2, -0.15) is 13.2 Å². The Morgan fingerprint density at radius 3 is 2.33 bits per heavy atom. The minimum absolute atomic E-state index is 0.237. The summed E-state index contributed by atoms with van der Waals surface area (Å²) in [7, 11) is 2.86. The van der Waals surface area contributed by atoms with Gasteiger partial charge in [0, 0.05) is 6.54 Å². The molecular weight excluding hydrogens is 251 g/mol. The lowest BCUT2D eigenvalue weighted by Crippen LogP contribution is -2.36. The van der Waals surface area contributed by atoms with Gasteiger partial charge in [-0.15, -0.1) is 0 Å². The standard InChI is InChI=1S/C11H12F3NO3/c1-17-8-4-3-7(5-9(8)18-2)6-15-10(16)11(12,13)14/h3-5H,6H2,1-2H3,(H,15,16). The first kappa shape index (κ1) is 14.1. The van der Waals surface area contributed by atoms with Crippen molar-refractivity contribution in [1.29, 1.82) is 0 Å². The number of carbonyl (C=O) groups is 1. The zero-order chi connectivity index (χ0) is 13.8. The van der Waals surface area contributed by atoms with Gasteiger partial charge in [-0.1, -0.05) is 6.07 Å². The van der Waals surface area contributed by atoms with Crippen LogP contribution in [0.25, 0.3) is 0 Å². The highest BCUT2D eigenvalue weighted by Crippen LogP contribution is 2.27. The molecule has 1 N–H and O–H groups in total. The number of ether oxygens (including phenoxy) is 2. The number of hydrogen-bond acceptors (Lipinski definition) is 3. The van der Waals surface area contributed by atoms with Crippen LogP contribution in [0, 0.1) is 0 Å². The van der Waals surface area contributed by atoms with Gasteiger partial charge >= 0.3 is 12.1 Å². The quantitative estimate of drug-likeness (QED) is 0.902. The Morgan fingerprint density at radius 1 is 1.22 bits per heavy atom. The summed E-state index contributed by atoms with van der Waals surface area (Å²) < 4.78 is 45.8. The first-order chi connectivity index (χ1) is 8.38. The molecule has 0 saturated heterocycles. The van der Waals surface area contributed by atoms with Gasteiger partial charge < -0.3 is 14.8 Å². The monoisotopic (exact) mass is 263 g/mol. The first-order valence-corrected chi connectivity index (χ1v) is 4.94. The molecule has 0 saturated carbocycles. The van der Waals surface area contributed by atoms with Gasteiger partial charge in [-0.3, -0.25) is 4.79 Å². The molecule has 0 aliphatic carbocycles. The average Bonchev–Trinajstić information content (AvgIpc) is 2.34. The van der Waals surface area contributed by atoms with E-state index in [0.29, 0.717) is 17.1 Å². The van der Waals surface area contributed by atoms with Gasteiger partial charge in [0.15, 0.2) is 11.5 Å². The summed E-state index contributed by atoms with van der Waals surface area (Å²) in [6, 6.07) is 4.58. The Bertz CT molecular complexity index is 432. The summed E-state index contributed by atoms with van der Waals surface area (Å²) in [4.78, 5) is 10.6. The Labute approximate surface area is 102 Å². The number of nitrogens with one attached hydrogen (secondary N) is 1. The van der Waals surface area contributed by atoms with Crippen LogP contribution in [-0.2, 0) is 11.3 Å². The minimum Gasteiger partial charge on any atom is -0.493 e. The Morgan fingerprint density at radius 2 is 1.83 bits per heavy atom. The number of halogens is 3. The van der Waals surface area contributed by atoms with E-state index in [-0.39, 0.29) is 6.54 Å². The van der Waals surface area contributed by atoms with Crippen molar-refractivity contribution in [2.24, 2.45) is 0 Å². The minimum atomic E-state index is -4.88. The third kappa shape index (κ3) is 3.54. The molecular formula is C11H12F3NO3. The molecule has 0 bridgehead atoms. The third-order valence-corrected chi connectivity index (χ3v) is 2.16. The van der Waals surface area contributed by atoms with Crippen molar-refractivity contribution in [3.05, 3.63) is 23.8 Å². The van der Waals surface area contributed by atoms with E-state index in [1.807, 2.05) is 0 Å². The molecule has 0 aliphatic rings. The summed E-state index contributed by atoms with van der Waals surface area (Å²) in [5, 5.41) is 1.77. The summed E-state index contributed by atoms with van der Waals surface area (Å²) in [5.74, 6) is -1.13. The van der Waals surface area contributed by atoms with Crippen LogP contribution in [0.15, 0.2) is 18.2 Å². The number of methoxy groups -OCH3 is 2. The maximum Gasteiger partial charge on any atom is 0.471 e. The van der Waals surface area contributed by atoms with Crippen LogP contribution in [0.4, 0.5) is 13.2 Å². The fourth-order valence-corrected chi connectivity index (χ4v) is 1.27. The largest absolute Gasteiger partial charge is 0.493 e. The average molecular weight is 263 g/mol. The molecule has 0 aliphatic heterocycles. The lowest BCUT2D eigenvalue weighted by Gasteiger charge is -2.11. The van der Waals surface area contributed by atoms with E-state index in [0.717, 1.165) is 0 Å². The molecule has 1 aromatic carbocycles. The molecule has 1 amide bonds. The predicted molar refractivity (Wildman–Crippen MR) is 57.4 cm³/mol. The van der Waals surface area contributed by atoms with E-state index in [2.05, 4.69) is 0 Å². The molecule has 0 aromatic heterocycles. The van der Waals surface area contributed by atoms with Crippen molar-refractivity contribution in [3.8, 4) is 11.5 Å². The molecule has 18 heavy (non-hydrogen) atoms. The highest BCUT2D eigenvalue weighted by Gasteiger charge is 2.38.